The highest BCUT2D eigenvalue weighted by molar-refractivity contribution is 7.89. The smallest absolute Gasteiger partial charge is 0.243 e. The van der Waals surface area contributed by atoms with Gasteiger partial charge in [0.15, 0.2) is 0 Å². The van der Waals surface area contributed by atoms with Gasteiger partial charge in [0.1, 0.15) is 5.75 Å². The average molecular weight is 344 g/mol. The second kappa shape index (κ2) is 8.85. The maximum absolute atomic E-state index is 12.6. The van der Waals surface area contributed by atoms with Gasteiger partial charge in [0, 0.05) is 13.1 Å². The number of amides is 1. The first-order valence-electron chi connectivity index (χ1n) is 7.47. The first-order valence-corrected chi connectivity index (χ1v) is 8.92. The van der Waals surface area contributed by atoms with E-state index in [1.54, 1.807) is 19.9 Å². The predicted octanol–water partition coefficient (Wildman–Crippen LogP) is 0.513. The summed E-state index contributed by atoms with van der Waals surface area (Å²) in [6, 6.07) is 4.63. The van der Waals surface area contributed by atoms with E-state index in [9.17, 15) is 13.2 Å². The maximum atomic E-state index is 12.6. The van der Waals surface area contributed by atoms with Crippen LogP contribution in [0.2, 0.25) is 0 Å². The van der Waals surface area contributed by atoms with E-state index in [4.69, 9.17) is 9.84 Å². The number of carbonyl (C=O) groups is 1. The van der Waals surface area contributed by atoms with Crippen molar-refractivity contribution in [3.63, 3.8) is 0 Å². The van der Waals surface area contributed by atoms with E-state index in [-0.39, 0.29) is 31.1 Å². The third kappa shape index (κ3) is 5.19. The fourth-order valence-electron chi connectivity index (χ4n) is 2.03. The van der Waals surface area contributed by atoms with Gasteiger partial charge in [0.2, 0.25) is 15.9 Å². The van der Waals surface area contributed by atoms with E-state index in [1.807, 2.05) is 6.92 Å². The number of rotatable bonds is 9. The Labute approximate surface area is 137 Å². The minimum atomic E-state index is -3.77. The monoisotopic (exact) mass is 344 g/mol. The zero-order chi connectivity index (χ0) is 17.5. The molecule has 23 heavy (non-hydrogen) atoms. The second-order valence-electron chi connectivity index (χ2n) is 4.87. The van der Waals surface area contributed by atoms with Crippen LogP contribution in [0.1, 0.15) is 19.4 Å². The number of hydrogen-bond acceptors (Lipinski definition) is 5. The molecular weight excluding hydrogens is 320 g/mol. The molecule has 0 aromatic heterocycles. The molecular formula is C15H24N2O5S. The molecule has 0 aliphatic rings. The Morgan fingerprint density at radius 2 is 2.04 bits per heavy atom. The van der Waals surface area contributed by atoms with E-state index in [1.165, 1.54) is 12.1 Å². The van der Waals surface area contributed by atoms with Crippen molar-refractivity contribution in [1.82, 2.24) is 9.62 Å². The molecule has 1 aromatic rings. The SMILES string of the molecule is CCOc1ccc(S(=O)(=O)N(CC)CC(=O)NCCO)cc1C. The molecule has 130 valence electrons. The number of sulfonamides is 1. The van der Waals surface area contributed by atoms with Crippen molar-refractivity contribution in [1.29, 1.82) is 0 Å². The largest absolute Gasteiger partial charge is 0.494 e. The Kier molecular flexibility index (Phi) is 7.47. The molecule has 0 radical (unpaired) electrons. The molecule has 0 aliphatic heterocycles. The lowest BCUT2D eigenvalue weighted by molar-refractivity contribution is -0.121. The molecule has 0 atom stereocenters. The fourth-order valence-corrected chi connectivity index (χ4v) is 3.52. The normalized spacial score (nSPS) is 11.5. The number of aryl methyl sites for hydroxylation is 1. The molecule has 1 aromatic carbocycles. The van der Waals surface area contributed by atoms with Crippen molar-refractivity contribution in [2.24, 2.45) is 0 Å². The first kappa shape index (κ1) is 19.4. The van der Waals surface area contributed by atoms with Gasteiger partial charge in [-0.25, -0.2) is 8.42 Å². The molecule has 0 saturated carbocycles. The highest BCUT2D eigenvalue weighted by Crippen LogP contribution is 2.24. The minimum Gasteiger partial charge on any atom is -0.494 e. The molecule has 0 aliphatic carbocycles. The van der Waals surface area contributed by atoms with E-state index in [0.717, 1.165) is 4.31 Å². The van der Waals surface area contributed by atoms with E-state index < -0.39 is 15.9 Å². The van der Waals surface area contributed by atoms with Gasteiger partial charge in [-0.05, 0) is 37.6 Å². The second-order valence-corrected chi connectivity index (χ2v) is 6.80. The summed E-state index contributed by atoms with van der Waals surface area (Å²) < 4.78 is 31.8. The average Bonchev–Trinajstić information content (AvgIpc) is 2.52. The lowest BCUT2D eigenvalue weighted by Gasteiger charge is -2.20. The zero-order valence-corrected chi connectivity index (χ0v) is 14.5. The van der Waals surface area contributed by atoms with E-state index >= 15 is 0 Å². The third-order valence-electron chi connectivity index (χ3n) is 3.19. The minimum absolute atomic E-state index is 0.0958. The van der Waals surface area contributed by atoms with Crippen LogP contribution in [0, 0.1) is 6.92 Å². The molecule has 1 amide bonds. The fraction of sp³-hybridized carbons (Fsp3) is 0.533. The van der Waals surface area contributed by atoms with Crippen LogP contribution >= 0.6 is 0 Å². The van der Waals surface area contributed by atoms with Gasteiger partial charge in [0.05, 0.1) is 24.7 Å². The summed E-state index contributed by atoms with van der Waals surface area (Å²) in [5, 5.41) is 11.1. The van der Waals surface area contributed by atoms with Crippen molar-refractivity contribution < 1.29 is 23.1 Å². The summed E-state index contributed by atoms with van der Waals surface area (Å²) in [6.07, 6.45) is 0. The summed E-state index contributed by atoms with van der Waals surface area (Å²) in [4.78, 5) is 11.8. The quantitative estimate of drug-likeness (QED) is 0.681. The number of carbonyl (C=O) groups excluding carboxylic acids is 1. The van der Waals surface area contributed by atoms with Crippen LogP contribution in [0.4, 0.5) is 0 Å². The third-order valence-corrected chi connectivity index (χ3v) is 5.11. The number of likely N-dealkylation sites (N-methyl/N-ethyl adjacent to an activating group) is 1. The number of aliphatic hydroxyl groups is 1. The standard InChI is InChI=1S/C15H24N2O5S/c1-4-17(11-15(19)16-8-9-18)23(20,21)13-6-7-14(22-5-2)12(3)10-13/h6-7,10,18H,4-5,8-9,11H2,1-3H3,(H,16,19). The number of ether oxygens (including phenoxy) is 1. The van der Waals surface area contributed by atoms with Gasteiger partial charge in [-0.3, -0.25) is 4.79 Å². The highest BCUT2D eigenvalue weighted by atomic mass is 32.2. The lowest BCUT2D eigenvalue weighted by Crippen LogP contribution is -2.41. The Bertz CT molecular complexity index is 631. The van der Waals surface area contributed by atoms with Crippen molar-refractivity contribution >= 4 is 15.9 Å². The summed E-state index contributed by atoms with van der Waals surface area (Å²) >= 11 is 0. The highest BCUT2D eigenvalue weighted by Gasteiger charge is 2.25. The van der Waals surface area contributed by atoms with Crippen molar-refractivity contribution in [3.05, 3.63) is 23.8 Å². The molecule has 8 heteroatoms. The Morgan fingerprint density at radius 1 is 1.35 bits per heavy atom. The maximum Gasteiger partial charge on any atom is 0.243 e. The summed E-state index contributed by atoms with van der Waals surface area (Å²) in [5.74, 6) is 0.183. The Hall–Kier alpha value is -1.64. The van der Waals surface area contributed by atoms with Crippen LogP contribution in [0.25, 0.3) is 0 Å². The number of aliphatic hydroxyl groups excluding tert-OH is 1. The molecule has 0 unspecified atom stereocenters. The molecule has 7 nitrogen and oxygen atoms in total. The van der Waals surface area contributed by atoms with Gasteiger partial charge in [0.25, 0.3) is 0 Å². The first-order chi connectivity index (χ1) is 10.9. The summed E-state index contributed by atoms with van der Waals surface area (Å²) in [7, 11) is -3.77. The molecule has 0 heterocycles. The van der Waals surface area contributed by atoms with E-state index in [2.05, 4.69) is 5.32 Å². The molecule has 1 rings (SSSR count). The van der Waals surface area contributed by atoms with Crippen molar-refractivity contribution in [2.45, 2.75) is 25.7 Å². The summed E-state index contributed by atoms with van der Waals surface area (Å²) in [5.41, 5.74) is 0.716. The van der Waals surface area contributed by atoms with Crippen LogP contribution in [0.15, 0.2) is 23.1 Å². The molecule has 0 saturated heterocycles. The molecule has 0 fully saturated rings. The Balaban J connectivity index is 2.98. The lowest BCUT2D eigenvalue weighted by atomic mass is 10.2. The number of benzene rings is 1. The van der Waals surface area contributed by atoms with Crippen LogP contribution in [0.3, 0.4) is 0 Å². The van der Waals surface area contributed by atoms with Crippen molar-refractivity contribution in [3.8, 4) is 5.75 Å². The van der Waals surface area contributed by atoms with Crippen LogP contribution in [0.5, 0.6) is 5.75 Å². The zero-order valence-electron chi connectivity index (χ0n) is 13.7. The predicted molar refractivity (Wildman–Crippen MR) is 86.9 cm³/mol. The van der Waals surface area contributed by atoms with Crippen LogP contribution < -0.4 is 10.1 Å². The van der Waals surface area contributed by atoms with Crippen LogP contribution in [-0.4, -0.2) is 56.6 Å². The van der Waals surface area contributed by atoms with Crippen LogP contribution in [-0.2, 0) is 14.8 Å². The van der Waals surface area contributed by atoms with Gasteiger partial charge >= 0.3 is 0 Å². The topological polar surface area (TPSA) is 95.9 Å². The number of nitrogens with zero attached hydrogens (tertiary/aromatic N) is 1. The number of hydrogen-bond donors (Lipinski definition) is 2. The number of nitrogens with one attached hydrogen (secondary N) is 1. The molecule has 2 N–H and O–H groups in total. The summed E-state index contributed by atoms with van der Waals surface area (Å²) in [6.45, 7) is 5.58. The van der Waals surface area contributed by atoms with Gasteiger partial charge in [-0.1, -0.05) is 6.92 Å². The molecule has 0 bridgehead atoms. The Morgan fingerprint density at radius 3 is 2.57 bits per heavy atom. The van der Waals surface area contributed by atoms with Gasteiger partial charge in [-0.2, -0.15) is 4.31 Å². The van der Waals surface area contributed by atoms with E-state index in [0.29, 0.717) is 17.9 Å². The van der Waals surface area contributed by atoms with Gasteiger partial charge in [-0.15, -0.1) is 0 Å². The van der Waals surface area contributed by atoms with Gasteiger partial charge < -0.3 is 15.2 Å². The molecule has 0 spiro atoms. The van der Waals surface area contributed by atoms with Crippen molar-refractivity contribution in [2.75, 3.05) is 32.8 Å².